The van der Waals surface area contributed by atoms with Gasteiger partial charge in [-0.1, -0.05) is 48.0 Å². The Bertz CT molecular complexity index is 888. The van der Waals surface area contributed by atoms with Gasteiger partial charge in [-0.05, 0) is 36.6 Å². The van der Waals surface area contributed by atoms with Gasteiger partial charge in [0.2, 0.25) is 0 Å². The third-order valence-electron chi connectivity index (χ3n) is 3.83. The van der Waals surface area contributed by atoms with E-state index in [-0.39, 0.29) is 0 Å². The van der Waals surface area contributed by atoms with E-state index >= 15 is 0 Å². The molecule has 0 spiro atoms. The minimum atomic E-state index is 0.964. The van der Waals surface area contributed by atoms with Gasteiger partial charge in [0.15, 0.2) is 0 Å². The van der Waals surface area contributed by atoms with Crippen LogP contribution in [0.2, 0.25) is 0 Å². The van der Waals surface area contributed by atoms with Crippen LogP contribution in [0.25, 0.3) is 5.70 Å². The van der Waals surface area contributed by atoms with E-state index in [9.17, 15) is 0 Å². The molecule has 1 aliphatic rings. The highest BCUT2D eigenvalue weighted by Crippen LogP contribution is 2.33. The summed E-state index contributed by atoms with van der Waals surface area (Å²) in [5.74, 6) is 0. The summed E-state index contributed by atoms with van der Waals surface area (Å²) < 4.78 is 0. The van der Waals surface area contributed by atoms with E-state index in [2.05, 4.69) is 66.2 Å². The minimum absolute atomic E-state index is 0.964. The second kappa shape index (κ2) is 5.86. The van der Waals surface area contributed by atoms with Gasteiger partial charge in [-0.25, -0.2) is 4.99 Å². The average molecular weight is 316 g/mol. The van der Waals surface area contributed by atoms with Gasteiger partial charge >= 0.3 is 0 Å². The molecule has 0 saturated heterocycles. The van der Waals surface area contributed by atoms with E-state index in [4.69, 9.17) is 4.99 Å². The molecule has 112 valence electrons. The second-order valence-corrected chi connectivity index (χ2v) is 6.49. The maximum absolute atomic E-state index is 4.88. The van der Waals surface area contributed by atoms with Crippen LogP contribution >= 0.6 is 11.3 Å². The summed E-state index contributed by atoms with van der Waals surface area (Å²) in [5.41, 5.74) is 6.45. The normalized spacial score (nSPS) is 13.4. The Morgan fingerprint density at radius 3 is 2.52 bits per heavy atom. The second-order valence-electron chi connectivity index (χ2n) is 5.54. The molecule has 2 aromatic carbocycles. The van der Waals surface area contributed by atoms with E-state index in [1.54, 1.807) is 11.3 Å². The van der Waals surface area contributed by atoms with E-state index in [0.717, 1.165) is 28.3 Å². The van der Waals surface area contributed by atoms with Gasteiger partial charge in [0.1, 0.15) is 0 Å². The summed E-state index contributed by atoms with van der Waals surface area (Å²) in [5, 5.41) is 5.62. The third kappa shape index (κ3) is 2.83. The highest BCUT2D eigenvalue weighted by atomic mass is 32.1. The molecule has 0 fully saturated rings. The van der Waals surface area contributed by atoms with Gasteiger partial charge in [-0.3, -0.25) is 0 Å². The number of allylic oxidation sites excluding steroid dienone is 1. The van der Waals surface area contributed by atoms with Gasteiger partial charge < -0.3 is 5.32 Å². The fourth-order valence-corrected chi connectivity index (χ4v) is 3.29. The van der Waals surface area contributed by atoms with Crippen LogP contribution in [0.5, 0.6) is 0 Å². The Morgan fingerprint density at radius 2 is 1.74 bits per heavy atom. The van der Waals surface area contributed by atoms with Crippen molar-refractivity contribution in [3.63, 3.8) is 0 Å². The van der Waals surface area contributed by atoms with Crippen LogP contribution in [-0.4, -0.2) is 5.71 Å². The molecule has 3 aromatic rings. The number of fused-ring (bicyclic) bond motifs is 1. The number of rotatable bonds is 2. The maximum Gasteiger partial charge on any atom is 0.0871 e. The number of hydrogen-bond donors (Lipinski definition) is 1. The largest absolute Gasteiger partial charge is 0.353 e. The first-order valence-electron chi connectivity index (χ1n) is 7.57. The van der Waals surface area contributed by atoms with Crippen molar-refractivity contribution < 1.29 is 0 Å². The number of nitrogens with zero attached hydrogens (tertiary/aromatic N) is 1. The van der Waals surface area contributed by atoms with Gasteiger partial charge in [0.05, 0.1) is 27.7 Å². The lowest BCUT2D eigenvalue weighted by molar-refractivity contribution is 1.45. The fraction of sp³-hybridized carbons (Fsp3) is 0.0500. The van der Waals surface area contributed by atoms with Crippen molar-refractivity contribution in [1.82, 2.24) is 0 Å². The molecule has 0 amide bonds. The molecule has 1 aromatic heterocycles. The predicted octanol–water partition coefficient (Wildman–Crippen LogP) is 5.64. The summed E-state index contributed by atoms with van der Waals surface area (Å²) in [6.45, 7) is 2.10. The van der Waals surface area contributed by atoms with Crippen LogP contribution < -0.4 is 5.32 Å². The molecule has 0 radical (unpaired) electrons. The molecule has 0 atom stereocenters. The minimum Gasteiger partial charge on any atom is -0.353 e. The van der Waals surface area contributed by atoms with Crippen molar-refractivity contribution in [3.05, 3.63) is 88.1 Å². The molecule has 4 rings (SSSR count). The monoisotopic (exact) mass is 316 g/mol. The highest BCUT2D eigenvalue weighted by molar-refractivity contribution is 7.11. The molecule has 0 unspecified atom stereocenters. The van der Waals surface area contributed by atoms with Crippen LogP contribution in [-0.2, 0) is 0 Å². The Hall–Kier alpha value is -2.65. The van der Waals surface area contributed by atoms with Crippen molar-refractivity contribution in [3.8, 4) is 0 Å². The Morgan fingerprint density at radius 1 is 0.913 bits per heavy atom. The zero-order valence-corrected chi connectivity index (χ0v) is 13.6. The summed E-state index contributed by atoms with van der Waals surface area (Å²) in [4.78, 5) is 6.09. The molecular formula is C20H16N2S. The lowest BCUT2D eigenvalue weighted by Crippen LogP contribution is -2.00. The van der Waals surface area contributed by atoms with Crippen molar-refractivity contribution in [1.29, 1.82) is 0 Å². The quantitative estimate of drug-likeness (QED) is 0.649. The van der Waals surface area contributed by atoms with E-state index in [1.165, 1.54) is 10.4 Å². The zero-order valence-electron chi connectivity index (χ0n) is 12.8. The van der Waals surface area contributed by atoms with Gasteiger partial charge in [-0.2, -0.15) is 0 Å². The lowest BCUT2D eigenvalue weighted by Gasteiger charge is -2.08. The Kier molecular flexibility index (Phi) is 3.56. The first kappa shape index (κ1) is 14.0. The van der Waals surface area contributed by atoms with Gasteiger partial charge in [0.25, 0.3) is 0 Å². The van der Waals surface area contributed by atoms with E-state index in [1.807, 2.05) is 18.2 Å². The molecular weight excluding hydrogens is 300 g/mol. The molecule has 3 heteroatoms. The van der Waals surface area contributed by atoms with Crippen molar-refractivity contribution in [2.45, 2.75) is 6.92 Å². The van der Waals surface area contributed by atoms with Crippen LogP contribution in [0.4, 0.5) is 11.4 Å². The van der Waals surface area contributed by atoms with Crippen molar-refractivity contribution >= 4 is 34.1 Å². The van der Waals surface area contributed by atoms with Gasteiger partial charge in [0, 0.05) is 5.56 Å². The number of anilines is 1. The zero-order chi connectivity index (χ0) is 15.6. The number of aryl methyl sites for hydroxylation is 1. The molecule has 2 heterocycles. The van der Waals surface area contributed by atoms with Crippen LogP contribution in [0.15, 0.2) is 77.1 Å². The fourth-order valence-electron chi connectivity index (χ4n) is 2.59. The molecule has 2 nitrogen and oxygen atoms in total. The molecule has 23 heavy (non-hydrogen) atoms. The maximum atomic E-state index is 4.88. The summed E-state index contributed by atoms with van der Waals surface area (Å²) in [6.07, 6.45) is 2.14. The van der Waals surface area contributed by atoms with E-state index < -0.39 is 0 Å². The van der Waals surface area contributed by atoms with Crippen molar-refractivity contribution in [2.75, 3.05) is 5.32 Å². The molecule has 0 bridgehead atoms. The first-order chi connectivity index (χ1) is 11.3. The molecule has 1 aliphatic heterocycles. The number of hydrogen-bond acceptors (Lipinski definition) is 3. The molecule has 1 N–H and O–H groups in total. The topological polar surface area (TPSA) is 24.4 Å². The summed E-state index contributed by atoms with van der Waals surface area (Å²) in [6, 6.07) is 20.9. The predicted molar refractivity (Wildman–Crippen MR) is 99.7 cm³/mol. The third-order valence-corrected chi connectivity index (χ3v) is 4.73. The Balaban J connectivity index is 1.88. The van der Waals surface area contributed by atoms with Gasteiger partial charge in [-0.15, -0.1) is 11.3 Å². The van der Waals surface area contributed by atoms with Crippen LogP contribution in [0.3, 0.4) is 0 Å². The Labute approximate surface area is 139 Å². The first-order valence-corrected chi connectivity index (χ1v) is 8.45. The smallest absolute Gasteiger partial charge is 0.0871 e. The number of thiophene rings is 1. The summed E-state index contributed by atoms with van der Waals surface area (Å²) in [7, 11) is 0. The number of aliphatic imine (C=N–C) groups is 1. The number of para-hydroxylation sites is 2. The average Bonchev–Trinajstić information content (AvgIpc) is 3.03. The molecule has 0 saturated carbocycles. The highest BCUT2D eigenvalue weighted by Gasteiger charge is 2.13. The lowest BCUT2D eigenvalue weighted by atomic mass is 10.1. The van der Waals surface area contributed by atoms with Crippen molar-refractivity contribution in [2.24, 2.45) is 4.99 Å². The number of nitrogens with one attached hydrogen (secondary N) is 1. The summed E-state index contributed by atoms with van der Waals surface area (Å²) >= 11 is 1.73. The SMILES string of the molecule is Cc1ccc(C2=Nc3ccccc3NC(c3cccs3)=C2)cc1. The van der Waals surface area contributed by atoms with Crippen LogP contribution in [0, 0.1) is 6.92 Å². The standard InChI is InChI=1S/C20H16N2S/c1-14-8-10-15(11-9-14)18-13-19(20-7-4-12-23-20)22-17-6-3-2-5-16(17)21-18/h2-13,22H,1H3. The van der Waals surface area contributed by atoms with Crippen LogP contribution in [0.1, 0.15) is 16.0 Å². The molecule has 0 aliphatic carbocycles. The number of benzene rings is 2. The van der Waals surface area contributed by atoms with E-state index in [0.29, 0.717) is 0 Å².